The summed E-state index contributed by atoms with van der Waals surface area (Å²) in [5.74, 6) is 0. The van der Waals surface area contributed by atoms with E-state index in [1.54, 1.807) is 6.92 Å². The SMILES string of the molecule is CCCN(C)CC(C)(N)NC(=O)OC(C)(C)C. The molecule has 0 spiro atoms. The van der Waals surface area contributed by atoms with Crippen LogP contribution in [0.1, 0.15) is 41.0 Å². The van der Waals surface area contributed by atoms with Crippen molar-refractivity contribution in [1.82, 2.24) is 10.2 Å². The first-order valence-electron chi connectivity index (χ1n) is 6.04. The van der Waals surface area contributed by atoms with Gasteiger partial charge in [0, 0.05) is 6.54 Å². The van der Waals surface area contributed by atoms with Crippen LogP contribution in [0.3, 0.4) is 0 Å². The lowest BCUT2D eigenvalue weighted by atomic mass is 10.2. The summed E-state index contributed by atoms with van der Waals surface area (Å²) < 4.78 is 5.17. The van der Waals surface area contributed by atoms with Crippen molar-refractivity contribution < 1.29 is 9.53 Å². The minimum atomic E-state index is -0.785. The van der Waals surface area contributed by atoms with Gasteiger partial charge in [0.25, 0.3) is 0 Å². The lowest BCUT2D eigenvalue weighted by Crippen LogP contribution is -2.60. The van der Waals surface area contributed by atoms with Gasteiger partial charge in [0.1, 0.15) is 11.3 Å². The lowest BCUT2D eigenvalue weighted by Gasteiger charge is -2.32. The van der Waals surface area contributed by atoms with Crippen molar-refractivity contribution in [2.24, 2.45) is 5.73 Å². The van der Waals surface area contributed by atoms with E-state index in [-0.39, 0.29) is 0 Å². The Hall–Kier alpha value is -0.810. The quantitative estimate of drug-likeness (QED) is 0.721. The maximum atomic E-state index is 11.6. The second-order valence-corrected chi connectivity index (χ2v) is 5.78. The number of nitrogens with two attached hydrogens (primary N) is 1. The molecule has 0 rings (SSSR count). The molecule has 0 aromatic rings. The zero-order valence-corrected chi connectivity index (χ0v) is 12.0. The highest BCUT2D eigenvalue weighted by Gasteiger charge is 2.25. The number of rotatable bonds is 5. The summed E-state index contributed by atoms with van der Waals surface area (Å²) in [6.07, 6.45) is 0.575. The number of alkyl carbamates (subject to hydrolysis) is 1. The molecule has 0 aliphatic heterocycles. The van der Waals surface area contributed by atoms with Gasteiger partial charge < -0.3 is 20.7 Å². The summed E-state index contributed by atoms with van der Waals surface area (Å²) in [4.78, 5) is 13.7. The van der Waals surface area contributed by atoms with Crippen molar-refractivity contribution in [2.45, 2.75) is 52.3 Å². The van der Waals surface area contributed by atoms with Crippen LogP contribution in [0.4, 0.5) is 4.79 Å². The standard InChI is InChI=1S/C12H27N3O2/c1-7-8-15(6)9-12(5,13)14-10(16)17-11(2,3)4/h7-9,13H2,1-6H3,(H,14,16). The fourth-order valence-corrected chi connectivity index (χ4v) is 1.60. The highest BCUT2D eigenvalue weighted by Crippen LogP contribution is 2.08. The third-order valence-corrected chi connectivity index (χ3v) is 1.99. The van der Waals surface area contributed by atoms with Gasteiger partial charge in [-0.2, -0.15) is 0 Å². The van der Waals surface area contributed by atoms with Crippen LogP contribution in [0.25, 0.3) is 0 Å². The van der Waals surface area contributed by atoms with Gasteiger partial charge in [0.05, 0.1) is 0 Å². The van der Waals surface area contributed by atoms with Crippen molar-refractivity contribution in [1.29, 1.82) is 0 Å². The molecule has 0 aromatic carbocycles. The molecule has 5 heteroatoms. The van der Waals surface area contributed by atoms with Gasteiger partial charge in [-0.3, -0.25) is 0 Å². The van der Waals surface area contributed by atoms with Crippen LogP contribution < -0.4 is 11.1 Å². The van der Waals surface area contributed by atoms with Crippen molar-refractivity contribution in [3.8, 4) is 0 Å². The minimum absolute atomic E-state index is 0.479. The van der Waals surface area contributed by atoms with Crippen molar-refractivity contribution in [3.63, 3.8) is 0 Å². The van der Waals surface area contributed by atoms with E-state index in [2.05, 4.69) is 17.1 Å². The fourth-order valence-electron chi connectivity index (χ4n) is 1.60. The number of carbonyl (C=O) groups is 1. The Kier molecular flexibility index (Phi) is 5.92. The molecular formula is C12H27N3O2. The Balaban J connectivity index is 4.20. The molecule has 0 heterocycles. The van der Waals surface area contributed by atoms with Crippen LogP contribution in [-0.4, -0.2) is 42.4 Å². The van der Waals surface area contributed by atoms with Gasteiger partial charge in [-0.1, -0.05) is 6.92 Å². The summed E-state index contributed by atoms with van der Waals surface area (Å²) in [6, 6.07) is 0. The highest BCUT2D eigenvalue weighted by molar-refractivity contribution is 5.68. The zero-order valence-electron chi connectivity index (χ0n) is 12.0. The zero-order chi connectivity index (χ0) is 13.7. The fraction of sp³-hybridized carbons (Fsp3) is 0.917. The highest BCUT2D eigenvalue weighted by atomic mass is 16.6. The largest absolute Gasteiger partial charge is 0.444 e. The van der Waals surface area contributed by atoms with Crippen LogP contribution in [0.5, 0.6) is 0 Å². The van der Waals surface area contributed by atoms with Crippen molar-refractivity contribution in [2.75, 3.05) is 20.1 Å². The Labute approximate surface area is 105 Å². The van der Waals surface area contributed by atoms with E-state index in [4.69, 9.17) is 10.5 Å². The first kappa shape index (κ1) is 16.2. The number of hydrogen-bond acceptors (Lipinski definition) is 4. The predicted molar refractivity (Wildman–Crippen MR) is 69.8 cm³/mol. The first-order valence-corrected chi connectivity index (χ1v) is 6.04. The molecule has 1 unspecified atom stereocenters. The molecular weight excluding hydrogens is 218 g/mol. The van der Waals surface area contributed by atoms with E-state index < -0.39 is 17.4 Å². The van der Waals surface area contributed by atoms with Crippen LogP contribution in [0, 0.1) is 0 Å². The topological polar surface area (TPSA) is 67.6 Å². The molecule has 0 radical (unpaired) electrons. The first-order chi connectivity index (χ1) is 7.56. The smallest absolute Gasteiger partial charge is 0.409 e. The molecule has 0 aliphatic rings. The molecule has 102 valence electrons. The van der Waals surface area contributed by atoms with Gasteiger partial charge in [0.2, 0.25) is 0 Å². The van der Waals surface area contributed by atoms with Gasteiger partial charge in [-0.25, -0.2) is 4.79 Å². The van der Waals surface area contributed by atoms with Gasteiger partial charge in [0.15, 0.2) is 0 Å². The molecule has 0 bridgehead atoms. The van der Waals surface area contributed by atoms with Crippen LogP contribution in [0.2, 0.25) is 0 Å². The molecule has 3 N–H and O–H groups in total. The molecule has 17 heavy (non-hydrogen) atoms. The number of nitrogens with one attached hydrogen (secondary N) is 1. The molecule has 5 nitrogen and oxygen atoms in total. The average molecular weight is 245 g/mol. The number of likely N-dealkylation sites (N-methyl/N-ethyl adjacent to an activating group) is 1. The summed E-state index contributed by atoms with van der Waals surface area (Å²) in [7, 11) is 1.98. The number of hydrogen-bond donors (Lipinski definition) is 2. The number of carbonyl (C=O) groups excluding carboxylic acids is 1. The molecule has 0 fully saturated rings. The third kappa shape index (κ3) is 8.94. The second kappa shape index (κ2) is 6.21. The maximum Gasteiger partial charge on any atom is 0.409 e. The van der Waals surface area contributed by atoms with E-state index in [9.17, 15) is 4.79 Å². The van der Waals surface area contributed by atoms with Gasteiger partial charge in [-0.05, 0) is 47.7 Å². The van der Waals surface area contributed by atoms with Crippen LogP contribution in [0.15, 0.2) is 0 Å². The molecule has 0 aliphatic carbocycles. The van der Waals surface area contributed by atoms with Crippen molar-refractivity contribution >= 4 is 6.09 Å². The molecule has 0 saturated heterocycles. The van der Waals surface area contributed by atoms with Crippen molar-refractivity contribution in [3.05, 3.63) is 0 Å². The Morgan fingerprint density at radius 3 is 2.29 bits per heavy atom. The van der Waals surface area contributed by atoms with E-state index in [0.29, 0.717) is 6.54 Å². The monoisotopic (exact) mass is 245 g/mol. The molecule has 1 amide bonds. The molecule has 0 aromatic heterocycles. The van der Waals surface area contributed by atoms with Gasteiger partial charge in [-0.15, -0.1) is 0 Å². The van der Waals surface area contributed by atoms with Crippen LogP contribution >= 0.6 is 0 Å². The Morgan fingerprint density at radius 2 is 1.88 bits per heavy atom. The second-order valence-electron chi connectivity index (χ2n) is 5.78. The van der Waals surface area contributed by atoms with Gasteiger partial charge >= 0.3 is 6.09 Å². The minimum Gasteiger partial charge on any atom is -0.444 e. The maximum absolute atomic E-state index is 11.6. The van der Waals surface area contributed by atoms with Crippen LogP contribution in [-0.2, 0) is 4.74 Å². The van der Waals surface area contributed by atoms with E-state index in [1.165, 1.54) is 0 Å². The number of amides is 1. The predicted octanol–water partition coefficient (Wildman–Crippen LogP) is 1.53. The summed E-state index contributed by atoms with van der Waals surface area (Å²) >= 11 is 0. The average Bonchev–Trinajstić information content (AvgIpc) is 1.96. The normalized spacial score (nSPS) is 15.5. The third-order valence-electron chi connectivity index (χ3n) is 1.99. The summed E-state index contributed by atoms with van der Waals surface area (Å²) in [5.41, 5.74) is 4.72. The van der Waals surface area contributed by atoms with E-state index in [0.717, 1.165) is 13.0 Å². The summed E-state index contributed by atoms with van der Waals surface area (Å²) in [5, 5.41) is 2.68. The number of ether oxygens (including phenoxy) is 1. The Morgan fingerprint density at radius 1 is 1.35 bits per heavy atom. The number of nitrogens with zero attached hydrogens (tertiary/aromatic N) is 1. The Bertz CT molecular complexity index is 247. The molecule has 1 atom stereocenters. The van der Waals surface area contributed by atoms with E-state index in [1.807, 2.05) is 27.8 Å². The molecule has 0 saturated carbocycles. The lowest BCUT2D eigenvalue weighted by molar-refractivity contribution is 0.0446. The summed E-state index contributed by atoms with van der Waals surface area (Å²) in [6.45, 7) is 10.9. The van der Waals surface area contributed by atoms with E-state index >= 15 is 0 Å².